The topological polar surface area (TPSA) is 42.0 Å². The van der Waals surface area contributed by atoms with Gasteiger partial charge in [-0.25, -0.2) is 4.98 Å². The van der Waals surface area contributed by atoms with Gasteiger partial charge in [0.2, 0.25) is 0 Å². The Bertz CT molecular complexity index is 482. The second-order valence-corrected chi connectivity index (χ2v) is 4.66. The number of benzene rings is 1. The molecule has 0 bridgehead atoms. The summed E-state index contributed by atoms with van der Waals surface area (Å²) in [6.45, 7) is 0. The van der Waals surface area contributed by atoms with Crippen LogP contribution in [0.15, 0.2) is 40.1 Å². The number of hydrogen-bond donors (Lipinski definition) is 1. The van der Waals surface area contributed by atoms with Gasteiger partial charge in [0.25, 0.3) is 5.91 Å². The Balaban J connectivity index is 2.12. The van der Waals surface area contributed by atoms with Crippen LogP contribution in [0.5, 0.6) is 0 Å². The molecule has 1 heterocycles. The number of amides is 1. The second-order valence-electron chi connectivity index (χ2n) is 3.06. The predicted molar refractivity (Wildman–Crippen MR) is 68.3 cm³/mol. The van der Waals surface area contributed by atoms with Crippen molar-refractivity contribution < 1.29 is 4.79 Å². The molecule has 1 amide bonds. The van der Waals surface area contributed by atoms with E-state index in [2.05, 4.69) is 10.3 Å². The molecule has 82 valence electrons. The van der Waals surface area contributed by atoms with Crippen LogP contribution >= 0.6 is 23.1 Å². The molecule has 0 unspecified atom stereocenters. The van der Waals surface area contributed by atoms with Gasteiger partial charge in [0.15, 0.2) is 0 Å². The monoisotopic (exact) mass is 250 g/mol. The summed E-state index contributed by atoms with van der Waals surface area (Å²) in [7, 11) is 0. The van der Waals surface area contributed by atoms with Crippen molar-refractivity contribution in [2.75, 3.05) is 11.6 Å². The molecule has 1 N–H and O–H groups in total. The molecular weight excluding hydrogens is 240 g/mol. The van der Waals surface area contributed by atoms with E-state index in [0.717, 1.165) is 10.6 Å². The Labute approximate surface area is 102 Å². The van der Waals surface area contributed by atoms with Crippen molar-refractivity contribution in [3.8, 4) is 0 Å². The van der Waals surface area contributed by atoms with Crippen molar-refractivity contribution in [1.82, 2.24) is 4.98 Å². The smallest absolute Gasteiger partial charge is 0.275 e. The van der Waals surface area contributed by atoms with E-state index >= 15 is 0 Å². The lowest BCUT2D eigenvalue weighted by molar-refractivity contribution is 0.102. The van der Waals surface area contributed by atoms with E-state index in [1.165, 1.54) is 11.3 Å². The fraction of sp³-hybridized carbons (Fsp3) is 0.0909. The number of aromatic nitrogens is 1. The minimum atomic E-state index is -0.167. The summed E-state index contributed by atoms with van der Waals surface area (Å²) in [5.74, 6) is -0.167. The van der Waals surface area contributed by atoms with E-state index < -0.39 is 0 Å². The van der Waals surface area contributed by atoms with Gasteiger partial charge in [-0.15, -0.1) is 23.1 Å². The Morgan fingerprint density at radius 1 is 1.50 bits per heavy atom. The molecule has 0 aliphatic rings. The summed E-state index contributed by atoms with van der Waals surface area (Å²) in [6.07, 6.45) is 2.00. The zero-order chi connectivity index (χ0) is 11.4. The Morgan fingerprint density at radius 3 is 3.06 bits per heavy atom. The minimum Gasteiger partial charge on any atom is -0.321 e. The molecule has 2 rings (SSSR count). The van der Waals surface area contributed by atoms with Crippen molar-refractivity contribution in [3.05, 3.63) is 40.8 Å². The van der Waals surface area contributed by atoms with E-state index in [1.54, 1.807) is 22.7 Å². The van der Waals surface area contributed by atoms with Gasteiger partial charge in [-0.05, 0) is 24.5 Å². The molecule has 0 saturated heterocycles. The fourth-order valence-electron chi connectivity index (χ4n) is 1.22. The van der Waals surface area contributed by atoms with E-state index in [-0.39, 0.29) is 5.91 Å². The summed E-state index contributed by atoms with van der Waals surface area (Å²) >= 11 is 3.05. The maximum atomic E-state index is 11.7. The van der Waals surface area contributed by atoms with Crippen LogP contribution in [0.25, 0.3) is 0 Å². The molecule has 1 aromatic carbocycles. The van der Waals surface area contributed by atoms with Crippen LogP contribution in [0.1, 0.15) is 10.5 Å². The number of thiazole rings is 1. The lowest BCUT2D eigenvalue weighted by atomic mass is 10.3. The zero-order valence-electron chi connectivity index (χ0n) is 8.64. The third-order valence-electron chi connectivity index (χ3n) is 1.99. The molecule has 1 aromatic heterocycles. The summed E-state index contributed by atoms with van der Waals surface area (Å²) in [5.41, 5.74) is 2.90. The van der Waals surface area contributed by atoms with Gasteiger partial charge in [0, 0.05) is 16.0 Å². The van der Waals surface area contributed by atoms with Gasteiger partial charge in [-0.1, -0.05) is 6.07 Å². The van der Waals surface area contributed by atoms with Gasteiger partial charge in [0.1, 0.15) is 5.69 Å². The third kappa shape index (κ3) is 2.62. The van der Waals surface area contributed by atoms with Crippen molar-refractivity contribution in [2.24, 2.45) is 0 Å². The first-order chi connectivity index (χ1) is 7.79. The van der Waals surface area contributed by atoms with Crippen molar-refractivity contribution in [3.63, 3.8) is 0 Å². The SMILES string of the molecule is CSc1cccc(NC(=O)c2cscn2)c1. The van der Waals surface area contributed by atoms with Crippen LogP contribution in [0.2, 0.25) is 0 Å². The number of anilines is 1. The first kappa shape index (κ1) is 11.2. The maximum Gasteiger partial charge on any atom is 0.275 e. The van der Waals surface area contributed by atoms with E-state index in [1.807, 2.05) is 30.5 Å². The lowest BCUT2D eigenvalue weighted by Gasteiger charge is -2.04. The lowest BCUT2D eigenvalue weighted by Crippen LogP contribution is -2.11. The van der Waals surface area contributed by atoms with Gasteiger partial charge in [-0.3, -0.25) is 4.79 Å². The summed E-state index contributed by atoms with van der Waals surface area (Å²) in [6, 6.07) is 7.73. The van der Waals surface area contributed by atoms with Crippen molar-refractivity contribution in [2.45, 2.75) is 4.90 Å². The number of carbonyl (C=O) groups is 1. The minimum absolute atomic E-state index is 0.167. The third-order valence-corrected chi connectivity index (χ3v) is 3.30. The van der Waals surface area contributed by atoms with E-state index in [9.17, 15) is 4.79 Å². The number of hydrogen-bond acceptors (Lipinski definition) is 4. The second kappa shape index (κ2) is 5.14. The highest BCUT2D eigenvalue weighted by Gasteiger charge is 2.07. The summed E-state index contributed by atoms with van der Waals surface area (Å²) in [5, 5.41) is 4.54. The van der Waals surface area contributed by atoms with Crippen LogP contribution in [-0.2, 0) is 0 Å². The van der Waals surface area contributed by atoms with Crippen LogP contribution in [0.3, 0.4) is 0 Å². The number of rotatable bonds is 3. The predicted octanol–water partition coefficient (Wildman–Crippen LogP) is 3.12. The summed E-state index contributed by atoms with van der Waals surface area (Å²) in [4.78, 5) is 16.8. The Morgan fingerprint density at radius 2 is 2.38 bits per heavy atom. The van der Waals surface area contributed by atoms with Gasteiger partial charge in [0.05, 0.1) is 5.51 Å². The average Bonchev–Trinajstić information content (AvgIpc) is 2.83. The molecule has 2 aromatic rings. The Kier molecular flexibility index (Phi) is 3.58. The largest absolute Gasteiger partial charge is 0.321 e. The number of nitrogens with zero attached hydrogens (tertiary/aromatic N) is 1. The molecule has 3 nitrogen and oxygen atoms in total. The van der Waals surface area contributed by atoms with Crippen molar-refractivity contribution in [1.29, 1.82) is 0 Å². The van der Waals surface area contributed by atoms with Gasteiger partial charge in [-0.2, -0.15) is 0 Å². The first-order valence-electron chi connectivity index (χ1n) is 4.63. The Hall–Kier alpha value is -1.33. The molecule has 0 radical (unpaired) electrons. The highest BCUT2D eigenvalue weighted by atomic mass is 32.2. The molecule has 0 saturated carbocycles. The van der Waals surface area contributed by atoms with E-state index in [0.29, 0.717) is 5.69 Å². The van der Waals surface area contributed by atoms with Crippen LogP contribution in [0, 0.1) is 0 Å². The number of carbonyl (C=O) groups excluding carboxylic acids is 1. The molecule has 0 aliphatic heterocycles. The van der Waals surface area contributed by atoms with Crippen LogP contribution in [0.4, 0.5) is 5.69 Å². The molecule has 5 heteroatoms. The fourth-order valence-corrected chi connectivity index (χ4v) is 2.21. The van der Waals surface area contributed by atoms with Gasteiger partial charge >= 0.3 is 0 Å². The molecule has 0 spiro atoms. The highest BCUT2D eigenvalue weighted by molar-refractivity contribution is 7.98. The molecular formula is C11H10N2OS2. The molecule has 0 atom stereocenters. The van der Waals surface area contributed by atoms with Gasteiger partial charge < -0.3 is 5.32 Å². The van der Waals surface area contributed by atoms with E-state index in [4.69, 9.17) is 0 Å². The van der Waals surface area contributed by atoms with Crippen LogP contribution in [-0.4, -0.2) is 17.1 Å². The van der Waals surface area contributed by atoms with Crippen LogP contribution < -0.4 is 5.32 Å². The average molecular weight is 250 g/mol. The number of thioether (sulfide) groups is 1. The quantitative estimate of drug-likeness (QED) is 0.851. The first-order valence-corrected chi connectivity index (χ1v) is 6.80. The molecule has 0 fully saturated rings. The van der Waals surface area contributed by atoms with Crippen molar-refractivity contribution >= 4 is 34.7 Å². The highest BCUT2D eigenvalue weighted by Crippen LogP contribution is 2.19. The standard InChI is InChI=1S/C11H10N2OS2/c1-15-9-4-2-3-8(5-9)13-11(14)10-6-16-7-12-10/h2-7H,1H3,(H,13,14). The normalized spacial score (nSPS) is 10.1. The summed E-state index contributed by atoms with van der Waals surface area (Å²) < 4.78 is 0. The maximum absolute atomic E-state index is 11.7. The zero-order valence-corrected chi connectivity index (χ0v) is 10.3. The number of nitrogens with one attached hydrogen (secondary N) is 1. The molecule has 0 aliphatic carbocycles. The molecule has 16 heavy (non-hydrogen) atoms.